The van der Waals surface area contributed by atoms with Gasteiger partial charge in [-0.1, -0.05) is 111 Å². The summed E-state index contributed by atoms with van der Waals surface area (Å²) in [6.07, 6.45) is -4.70. The Balaban J connectivity index is 0.000000280. The molecule has 12 nitrogen and oxygen atoms in total. The van der Waals surface area contributed by atoms with Gasteiger partial charge in [0.25, 0.3) is 0 Å². The van der Waals surface area contributed by atoms with Crippen LogP contribution in [0.2, 0.25) is 44.3 Å². The molecule has 2 N–H and O–H groups in total. The van der Waals surface area contributed by atoms with E-state index in [0.717, 1.165) is 0 Å². The number of fused-ring (bicyclic) bond motifs is 2. The molecule has 0 aromatic rings. The fourth-order valence-electron chi connectivity index (χ4n) is 8.64. The summed E-state index contributed by atoms with van der Waals surface area (Å²) in [5, 5.41) is 21.4. The van der Waals surface area contributed by atoms with Crippen molar-refractivity contribution in [1.82, 2.24) is 0 Å². The van der Waals surface area contributed by atoms with Gasteiger partial charge < -0.3 is 55.1 Å². The van der Waals surface area contributed by atoms with Gasteiger partial charge in [0.15, 0.2) is 12.6 Å². The number of aliphatic hydroxyl groups is 2. The number of rotatable bonds is 10. The van der Waals surface area contributed by atoms with Gasteiger partial charge in [0.2, 0.25) is 0 Å². The Morgan fingerprint density at radius 1 is 0.442 bits per heavy atom. The summed E-state index contributed by atoms with van der Waals surface area (Å²) in [6, 6.07) is 0. The van der Waals surface area contributed by atoms with E-state index >= 15 is 0 Å². The second-order valence-electron chi connectivity index (χ2n) is 17.7. The molecule has 4 saturated heterocycles. The van der Waals surface area contributed by atoms with Gasteiger partial charge in [-0.3, -0.25) is 0 Å². The van der Waals surface area contributed by atoms with Crippen molar-refractivity contribution in [2.75, 3.05) is 27.4 Å². The van der Waals surface area contributed by atoms with Crippen LogP contribution in [0.4, 0.5) is 0 Å². The van der Waals surface area contributed by atoms with Crippen LogP contribution in [0, 0.1) is 0 Å². The van der Waals surface area contributed by atoms with E-state index in [2.05, 4.69) is 111 Å². The molecular formula is C36H76O12Si4. The summed E-state index contributed by atoms with van der Waals surface area (Å²) in [6.45, 7) is 35.6. The van der Waals surface area contributed by atoms with Crippen LogP contribution >= 0.6 is 0 Å². The monoisotopic (exact) mass is 812 g/mol. The molecule has 4 aliphatic heterocycles. The van der Waals surface area contributed by atoms with E-state index in [1.165, 1.54) is 0 Å². The van der Waals surface area contributed by atoms with Crippen LogP contribution in [0.3, 0.4) is 0 Å². The topological polar surface area (TPSA) is 133 Å². The lowest BCUT2D eigenvalue weighted by Crippen LogP contribution is -2.65. The molecule has 0 amide bonds. The third-order valence-corrected chi connectivity index (χ3v) is 32.2. The van der Waals surface area contributed by atoms with Crippen molar-refractivity contribution in [2.24, 2.45) is 0 Å². The van der Waals surface area contributed by atoms with Crippen LogP contribution in [-0.2, 0) is 44.9 Å². The Hall–Kier alpha value is 0.388. The number of ether oxygens (including phenoxy) is 4. The van der Waals surface area contributed by atoms with Gasteiger partial charge in [-0.2, -0.15) is 0 Å². The van der Waals surface area contributed by atoms with Crippen LogP contribution in [0.5, 0.6) is 0 Å². The number of aliphatic hydroxyl groups excluding tert-OH is 2. The highest BCUT2D eigenvalue weighted by Gasteiger charge is 2.63. The summed E-state index contributed by atoms with van der Waals surface area (Å²) < 4.78 is 63.3. The van der Waals surface area contributed by atoms with E-state index in [9.17, 15) is 10.2 Å². The zero-order valence-electron chi connectivity index (χ0n) is 35.6. The normalized spacial score (nSPS) is 34.4. The molecular weight excluding hydrogens is 737 g/mol. The van der Waals surface area contributed by atoms with E-state index in [0.29, 0.717) is 13.2 Å². The molecule has 4 rings (SSSR count). The summed E-state index contributed by atoms with van der Waals surface area (Å²) in [7, 11) is -7.46. The highest BCUT2D eigenvalue weighted by molar-refractivity contribution is 6.84. The quantitative estimate of drug-likeness (QED) is 0.214. The summed E-state index contributed by atoms with van der Waals surface area (Å²) in [5.41, 5.74) is 2.05. The fourth-order valence-corrected chi connectivity index (χ4v) is 31.1. The second-order valence-corrected chi connectivity index (χ2v) is 35.3. The van der Waals surface area contributed by atoms with E-state index in [-0.39, 0.29) is 56.5 Å². The minimum Gasteiger partial charge on any atom is -0.414 e. The average Bonchev–Trinajstić information content (AvgIpc) is 3.49. The number of methoxy groups -OCH3 is 2. The maximum Gasteiger partial charge on any atom is 0.335 e. The van der Waals surface area contributed by atoms with Crippen LogP contribution in [-0.4, -0.2) is 121 Å². The van der Waals surface area contributed by atoms with Crippen molar-refractivity contribution in [3.05, 3.63) is 0 Å². The first-order chi connectivity index (χ1) is 24.0. The van der Waals surface area contributed by atoms with Gasteiger partial charge >= 0.3 is 34.2 Å². The Morgan fingerprint density at radius 3 is 0.904 bits per heavy atom. The fraction of sp³-hybridized carbons (Fsp3) is 1.00. The first-order valence-corrected chi connectivity index (χ1v) is 27.7. The molecule has 4 fully saturated rings. The second kappa shape index (κ2) is 18.3. The molecule has 52 heavy (non-hydrogen) atoms. The van der Waals surface area contributed by atoms with E-state index in [1.807, 2.05) is 0 Å². The van der Waals surface area contributed by atoms with E-state index in [4.69, 9.17) is 44.9 Å². The maximum atomic E-state index is 10.7. The van der Waals surface area contributed by atoms with Crippen molar-refractivity contribution >= 4 is 34.2 Å². The molecule has 4 aliphatic rings. The van der Waals surface area contributed by atoms with Crippen molar-refractivity contribution < 1.29 is 55.1 Å². The standard InChI is InChI=1S/2C18H38O6Si2/c2*1-11(2)25(12(3)4)21-10-15-17(16(19)18(20-9)22-15)23-26(24-25,13(5)6)14(7)8/h2*11-19H,10H2,1-9H3/t15-,16-,17-,18+;15-,16-,17-,18-/m11/s1. The van der Waals surface area contributed by atoms with Crippen molar-refractivity contribution in [1.29, 1.82) is 0 Å². The molecule has 0 unspecified atom stereocenters. The van der Waals surface area contributed by atoms with E-state index in [1.54, 1.807) is 14.2 Å². The van der Waals surface area contributed by atoms with Crippen molar-refractivity contribution in [3.8, 4) is 0 Å². The molecule has 0 radical (unpaired) electrons. The van der Waals surface area contributed by atoms with Gasteiger partial charge in [0.1, 0.15) is 36.6 Å². The summed E-state index contributed by atoms with van der Waals surface area (Å²) in [4.78, 5) is 0. The SMILES string of the molecule is CO[C@@H]1O[C@@H]2CO[Si](C(C)C)(C(C)C)O[Si](C(C)C)(C(C)C)O[C@H]2[C@H]1O.CO[C@H]1O[C@@H]2CO[Si](C(C)C)(C(C)C)O[Si](C(C)C)(C(C)C)O[C@H]2[C@H]1O. The Bertz CT molecular complexity index is 993. The lowest BCUT2D eigenvalue weighted by molar-refractivity contribution is -0.153. The predicted molar refractivity (Wildman–Crippen MR) is 211 cm³/mol. The zero-order chi connectivity index (χ0) is 39.7. The molecule has 0 spiro atoms. The lowest BCUT2D eigenvalue weighted by atomic mass is 10.1. The lowest BCUT2D eigenvalue weighted by Gasteiger charge is -2.51. The Kier molecular flexibility index (Phi) is 16.5. The molecule has 0 aliphatic carbocycles. The molecule has 0 saturated carbocycles. The van der Waals surface area contributed by atoms with Crippen LogP contribution < -0.4 is 0 Å². The number of hydrogen-bond donors (Lipinski definition) is 2. The van der Waals surface area contributed by atoms with Gasteiger partial charge in [0.05, 0.1) is 13.2 Å². The maximum absolute atomic E-state index is 10.7. The number of hydrogen-bond acceptors (Lipinski definition) is 12. The Morgan fingerprint density at radius 2 is 0.692 bits per heavy atom. The average molecular weight is 813 g/mol. The minimum atomic E-state index is -2.71. The highest BCUT2D eigenvalue weighted by Crippen LogP contribution is 2.49. The van der Waals surface area contributed by atoms with Crippen LogP contribution in [0.15, 0.2) is 0 Å². The van der Waals surface area contributed by atoms with Crippen LogP contribution in [0.25, 0.3) is 0 Å². The molecule has 8 atom stereocenters. The molecule has 4 heterocycles. The Labute approximate surface area is 320 Å². The molecule has 0 aromatic carbocycles. The van der Waals surface area contributed by atoms with Gasteiger partial charge in [-0.05, 0) is 44.3 Å². The third-order valence-electron chi connectivity index (χ3n) is 11.7. The largest absolute Gasteiger partial charge is 0.414 e. The van der Waals surface area contributed by atoms with Crippen LogP contribution in [0.1, 0.15) is 111 Å². The smallest absolute Gasteiger partial charge is 0.335 e. The minimum absolute atomic E-state index is 0.225. The molecule has 0 aromatic heterocycles. The summed E-state index contributed by atoms with van der Waals surface area (Å²) >= 11 is 0. The zero-order valence-corrected chi connectivity index (χ0v) is 39.6. The summed E-state index contributed by atoms with van der Waals surface area (Å²) in [5.74, 6) is 0. The van der Waals surface area contributed by atoms with Gasteiger partial charge in [-0.15, -0.1) is 0 Å². The third kappa shape index (κ3) is 8.77. The predicted octanol–water partition coefficient (Wildman–Crippen LogP) is 7.35. The van der Waals surface area contributed by atoms with Gasteiger partial charge in [-0.25, -0.2) is 0 Å². The molecule has 308 valence electrons. The van der Waals surface area contributed by atoms with Gasteiger partial charge in [0, 0.05) is 14.2 Å². The first-order valence-electron chi connectivity index (χ1n) is 19.8. The van der Waals surface area contributed by atoms with E-state index < -0.39 is 71.2 Å². The molecule has 0 bridgehead atoms. The highest BCUT2D eigenvalue weighted by atomic mass is 28.5. The molecule has 16 heteroatoms. The van der Waals surface area contributed by atoms with Crippen molar-refractivity contribution in [3.63, 3.8) is 0 Å². The van der Waals surface area contributed by atoms with Crippen molar-refractivity contribution in [2.45, 2.75) is 204 Å². The first kappa shape index (κ1) is 46.8.